The fourth-order valence-corrected chi connectivity index (χ4v) is 13.7. The first-order valence-corrected chi connectivity index (χ1v) is 25.2. The van der Waals surface area contributed by atoms with Crippen molar-refractivity contribution in [2.75, 3.05) is 9.80 Å². The van der Waals surface area contributed by atoms with Crippen LogP contribution in [0.3, 0.4) is 0 Å². The van der Waals surface area contributed by atoms with Gasteiger partial charge in [0.05, 0.1) is 11.1 Å². The van der Waals surface area contributed by atoms with Gasteiger partial charge >= 0.3 is 0 Å². The van der Waals surface area contributed by atoms with Gasteiger partial charge in [0.25, 0.3) is 6.71 Å². The van der Waals surface area contributed by atoms with E-state index < -0.39 is 0 Å². The molecule has 12 rings (SSSR count). The predicted molar refractivity (Wildman–Crippen MR) is 283 cm³/mol. The number of nitrogens with zero attached hydrogens (tertiary/aromatic N) is 2. The molecular formula is C62H69BN2O. The molecular weight excluding hydrogens is 800 g/mol. The standard InChI is InChI=1S/C62H69BN2O/c1-36-29-50-55-51(30-36)65(48-34-44-41(31-37(48)2)58(5,6)25-27-61(44,11)12)56-46(21-22-53-54(56)39-17-15-16-18-52(39)66-53)63(55)47-33-43-45(62(13,14)28-26-60(43,9)10)35-49(47)64(50)38-19-20-40-42(32-38)59(7,8)24-23-57(40,3)4/h15-22,29-35H,23-28H2,1-14H3. The molecule has 0 fully saturated rings. The van der Waals surface area contributed by atoms with Gasteiger partial charge in [-0.15, -0.1) is 0 Å². The zero-order chi connectivity index (χ0) is 46.4. The number of aryl methyl sites for hydroxylation is 2. The number of hydrogen-bond acceptors (Lipinski definition) is 3. The highest BCUT2D eigenvalue weighted by atomic mass is 16.3. The van der Waals surface area contributed by atoms with Gasteiger partial charge in [-0.1, -0.05) is 126 Å². The first kappa shape index (κ1) is 42.2. The molecule has 0 N–H and O–H groups in total. The summed E-state index contributed by atoms with van der Waals surface area (Å²) in [6.07, 6.45) is 7.10. The molecule has 0 unspecified atom stereocenters. The van der Waals surface area contributed by atoms with E-state index in [-0.39, 0.29) is 39.2 Å². The summed E-state index contributed by atoms with van der Waals surface area (Å²) in [5.74, 6) is 0. The highest BCUT2D eigenvalue weighted by Gasteiger charge is 2.49. The Balaban J connectivity index is 1.23. The maximum Gasteiger partial charge on any atom is 0.252 e. The van der Waals surface area contributed by atoms with Crippen molar-refractivity contribution >= 4 is 79.2 Å². The predicted octanol–water partition coefficient (Wildman–Crippen LogP) is 15.3. The number of para-hydroxylation sites is 1. The van der Waals surface area contributed by atoms with Crippen molar-refractivity contribution in [2.45, 2.75) is 168 Å². The van der Waals surface area contributed by atoms with Gasteiger partial charge in [0.2, 0.25) is 0 Å². The van der Waals surface area contributed by atoms with Crippen molar-refractivity contribution in [1.82, 2.24) is 0 Å². The number of furan rings is 1. The lowest BCUT2D eigenvalue weighted by atomic mass is 9.33. The second-order valence-electron chi connectivity index (χ2n) is 25.5. The lowest BCUT2D eigenvalue weighted by Gasteiger charge is -2.48. The summed E-state index contributed by atoms with van der Waals surface area (Å²) in [5, 5.41) is 2.38. The zero-order valence-electron chi connectivity index (χ0n) is 42.3. The van der Waals surface area contributed by atoms with Crippen LogP contribution >= 0.6 is 0 Å². The summed E-state index contributed by atoms with van der Waals surface area (Å²) in [6, 6.07) is 36.5. The summed E-state index contributed by atoms with van der Waals surface area (Å²) >= 11 is 0. The smallest absolute Gasteiger partial charge is 0.252 e. The SMILES string of the molecule is Cc1cc2c3c(c1)N(c1cc4c(cc1C)C(C)(C)CCC4(C)C)c1c(ccc4oc5ccccc5c14)B3c1cc3c(cc1N2c1ccc2c(c1)C(C)(C)CCC2(C)C)C(C)(C)CCC3(C)C. The Morgan fingerprint density at radius 3 is 1.58 bits per heavy atom. The summed E-state index contributed by atoms with van der Waals surface area (Å²) < 4.78 is 6.81. The summed E-state index contributed by atoms with van der Waals surface area (Å²) in [7, 11) is 0. The molecule has 0 bridgehead atoms. The van der Waals surface area contributed by atoms with Gasteiger partial charge in [0, 0.05) is 33.8 Å². The molecule has 336 valence electrons. The number of anilines is 6. The zero-order valence-corrected chi connectivity index (χ0v) is 42.3. The van der Waals surface area contributed by atoms with Crippen molar-refractivity contribution in [3.05, 3.63) is 136 Å². The van der Waals surface area contributed by atoms with Gasteiger partial charge in [0.15, 0.2) is 0 Å². The van der Waals surface area contributed by atoms with Gasteiger partial charge in [-0.05, 0) is 194 Å². The van der Waals surface area contributed by atoms with Gasteiger partial charge in [-0.2, -0.15) is 0 Å². The Labute approximate surface area is 395 Å². The van der Waals surface area contributed by atoms with E-state index in [2.05, 4.69) is 198 Å². The van der Waals surface area contributed by atoms with Crippen molar-refractivity contribution in [1.29, 1.82) is 0 Å². The van der Waals surface area contributed by atoms with Crippen LogP contribution in [0.25, 0.3) is 21.9 Å². The van der Waals surface area contributed by atoms with E-state index in [0.29, 0.717) is 0 Å². The van der Waals surface area contributed by atoms with Crippen LogP contribution in [0.2, 0.25) is 0 Å². The molecule has 3 aliphatic carbocycles. The molecule has 0 saturated heterocycles. The molecule has 66 heavy (non-hydrogen) atoms. The Morgan fingerprint density at radius 1 is 0.439 bits per heavy atom. The van der Waals surface area contributed by atoms with E-state index in [1.807, 2.05) is 0 Å². The van der Waals surface area contributed by atoms with Crippen molar-refractivity contribution < 1.29 is 4.42 Å². The molecule has 2 aliphatic heterocycles. The van der Waals surface area contributed by atoms with Crippen molar-refractivity contribution in [3.63, 3.8) is 0 Å². The first-order valence-electron chi connectivity index (χ1n) is 25.2. The molecule has 1 aromatic heterocycles. The maximum absolute atomic E-state index is 6.81. The van der Waals surface area contributed by atoms with E-state index in [0.717, 1.165) is 11.2 Å². The Hall–Kier alpha value is -5.22. The van der Waals surface area contributed by atoms with Crippen LogP contribution in [0.5, 0.6) is 0 Å². The fraction of sp³-hybridized carbons (Fsp3) is 0.419. The third kappa shape index (κ3) is 5.75. The molecule has 0 atom stereocenters. The van der Waals surface area contributed by atoms with Crippen molar-refractivity contribution in [2.24, 2.45) is 0 Å². The molecule has 3 nitrogen and oxygen atoms in total. The van der Waals surface area contributed by atoms with Crippen LogP contribution in [0.4, 0.5) is 34.1 Å². The van der Waals surface area contributed by atoms with E-state index in [9.17, 15) is 0 Å². The minimum atomic E-state index is 0.0126. The molecule has 6 aromatic carbocycles. The molecule has 7 aromatic rings. The minimum Gasteiger partial charge on any atom is -0.456 e. The van der Waals surface area contributed by atoms with E-state index in [1.54, 1.807) is 0 Å². The summed E-state index contributed by atoms with van der Waals surface area (Å²) in [6.45, 7) is 34.3. The highest BCUT2D eigenvalue weighted by molar-refractivity contribution is 7.00. The Kier molecular flexibility index (Phi) is 8.48. The molecule has 0 radical (unpaired) electrons. The Morgan fingerprint density at radius 2 is 0.955 bits per heavy atom. The van der Waals surface area contributed by atoms with E-state index in [1.165, 1.54) is 144 Å². The largest absolute Gasteiger partial charge is 0.456 e. The maximum atomic E-state index is 6.81. The third-order valence-corrected chi connectivity index (χ3v) is 18.2. The third-order valence-electron chi connectivity index (χ3n) is 18.2. The molecule has 0 spiro atoms. The molecule has 0 amide bonds. The monoisotopic (exact) mass is 869 g/mol. The van der Waals surface area contributed by atoms with Crippen molar-refractivity contribution in [3.8, 4) is 0 Å². The lowest BCUT2D eigenvalue weighted by molar-refractivity contribution is 0.332. The average molecular weight is 869 g/mol. The molecule has 4 heteroatoms. The van der Waals surface area contributed by atoms with Gasteiger partial charge in [-0.3, -0.25) is 0 Å². The first-order chi connectivity index (χ1) is 31.0. The fourth-order valence-electron chi connectivity index (χ4n) is 13.7. The summed E-state index contributed by atoms with van der Waals surface area (Å²) in [4.78, 5) is 5.40. The molecule has 3 heterocycles. The van der Waals surface area contributed by atoms with Crippen LogP contribution in [-0.4, -0.2) is 6.71 Å². The minimum absolute atomic E-state index is 0.0126. The van der Waals surface area contributed by atoms with Gasteiger partial charge < -0.3 is 14.2 Å². The number of rotatable bonds is 2. The number of benzene rings is 6. The number of hydrogen-bond donors (Lipinski definition) is 0. The molecule has 0 saturated carbocycles. The number of fused-ring (bicyclic) bond motifs is 11. The van der Waals surface area contributed by atoms with Crippen LogP contribution in [0, 0.1) is 13.8 Å². The van der Waals surface area contributed by atoms with E-state index in [4.69, 9.17) is 4.42 Å². The average Bonchev–Trinajstić information content (AvgIpc) is 3.64. The van der Waals surface area contributed by atoms with Crippen LogP contribution in [0.15, 0.2) is 95.4 Å². The lowest BCUT2D eigenvalue weighted by Crippen LogP contribution is -2.62. The molecule has 5 aliphatic rings. The second-order valence-corrected chi connectivity index (χ2v) is 25.5. The van der Waals surface area contributed by atoms with Gasteiger partial charge in [0.1, 0.15) is 11.2 Å². The topological polar surface area (TPSA) is 19.6 Å². The normalized spacial score (nSPS) is 20.8. The highest BCUT2D eigenvalue weighted by Crippen LogP contribution is 2.55. The van der Waals surface area contributed by atoms with E-state index >= 15 is 0 Å². The van der Waals surface area contributed by atoms with Crippen LogP contribution in [0.1, 0.15) is 166 Å². The quantitative estimate of drug-likeness (QED) is 0.161. The van der Waals surface area contributed by atoms with Gasteiger partial charge in [-0.25, -0.2) is 0 Å². The second kappa shape index (κ2) is 13.3. The summed E-state index contributed by atoms with van der Waals surface area (Å²) in [5.41, 5.74) is 25.8. The van der Waals surface area contributed by atoms with Crippen LogP contribution < -0.4 is 26.2 Å². The Bertz CT molecular complexity index is 3260. The van der Waals surface area contributed by atoms with Crippen LogP contribution in [-0.2, 0) is 32.5 Å².